The molecular formula is C21H27NO4. The maximum atomic E-state index is 12.3. The second-order valence-corrected chi connectivity index (χ2v) is 8.70. The third-order valence-corrected chi connectivity index (χ3v) is 6.80. The monoisotopic (exact) mass is 357 g/mol. The van der Waals surface area contributed by atoms with Crippen molar-refractivity contribution < 1.29 is 19.4 Å². The quantitative estimate of drug-likeness (QED) is 0.793. The van der Waals surface area contributed by atoms with Crippen LogP contribution in [0.2, 0.25) is 0 Å². The maximum absolute atomic E-state index is 12.3. The number of hydrogen-bond donors (Lipinski definition) is 2. The zero-order chi connectivity index (χ0) is 18.3. The summed E-state index contributed by atoms with van der Waals surface area (Å²) in [5.41, 5.74) is 0.478. The van der Waals surface area contributed by atoms with Crippen molar-refractivity contribution in [2.75, 3.05) is 6.61 Å². The van der Waals surface area contributed by atoms with Crippen LogP contribution in [0.1, 0.15) is 55.8 Å². The summed E-state index contributed by atoms with van der Waals surface area (Å²) in [6, 6.07) is 6.05. The summed E-state index contributed by atoms with van der Waals surface area (Å²) in [4.78, 5) is 24.3. The zero-order valence-corrected chi connectivity index (χ0v) is 15.2. The van der Waals surface area contributed by atoms with E-state index in [1.165, 1.54) is 50.7 Å². The number of phenols is 1. The normalized spacial score (nSPS) is 32.9. The molecule has 0 radical (unpaired) electrons. The molecule has 5 rings (SSSR count). The van der Waals surface area contributed by atoms with E-state index in [1.54, 1.807) is 12.1 Å². The average molecular weight is 357 g/mol. The molecule has 5 nitrogen and oxygen atoms in total. The summed E-state index contributed by atoms with van der Waals surface area (Å²) in [5.74, 6) is 1.66. The maximum Gasteiger partial charge on any atom is 0.338 e. The summed E-state index contributed by atoms with van der Waals surface area (Å²) in [6.45, 7) is 1.83. The number of esters is 1. The number of ether oxygens (including phenoxy) is 1. The number of rotatable bonds is 5. The van der Waals surface area contributed by atoms with E-state index in [-0.39, 0.29) is 35.3 Å². The van der Waals surface area contributed by atoms with Crippen molar-refractivity contribution in [3.05, 3.63) is 29.8 Å². The number of carbonyl (C=O) groups excluding carboxylic acids is 2. The first-order chi connectivity index (χ1) is 12.4. The molecule has 140 valence electrons. The van der Waals surface area contributed by atoms with Gasteiger partial charge in [0.05, 0.1) is 5.56 Å². The first kappa shape index (κ1) is 17.4. The summed E-state index contributed by atoms with van der Waals surface area (Å²) < 4.78 is 5.10. The molecule has 4 bridgehead atoms. The van der Waals surface area contributed by atoms with Gasteiger partial charge < -0.3 is 15.2 Å². The van der Waals surface area contributed by atoms with Gasteiger partial charge in [0.2, 0.25) is 0 Å². The summed E-state index contributed by atoms with van der Waals surface area (Å²) >= 11 is 0. The molecule has 4 fully saturated rings. The molecule has 4 aliphatic rings. The number of benzene rings is 1. The van der Waals surface area contributed by atoms with Crippen molar-refractivity contribution in [1.29, 1.82) is 0 Å². The molecule has 1 unspecified atom stereocenters. The van der Waals surface area contributed by atoms with E-state index in [0.29, 0.717) is 0 Å². The Bertz CT molecular complexity index is 678. The number of phenolic OH excluding ortho intramolecular Hbond substituents is 1. The molecule has 0 aromatic heterocycles. The smallest absolute Gasteiger partial charge is 0.338 e. The molecule has 4 saturated carbocycles. The Morgan fingerprint density at radius 2 is 1.81 bits per heavy atom. The summed E-state index contributed by atoms with van der Waals surface area (Å²) in [6.07, 6.45) is 7.81. The molecule has 0 heterocycles. The summed E-state index contributed by atoms with van der Waals surface area (Å²) in [7, 11) is 0. The van der Waals surface area contributed by atoms with Gasteiger partial charge in [0.1, 0.15) is 5.75 Å². The minimum absolute atomic E-state index is 0.000611. The van der Waals surface area contributed by atoms with E-state index in [1.807, 2.05) is 0 Å². The number of hydrogen-bond acceptors (Lipinski definition) is 4. The van der Waals surface area contributed by atoms with Crippen molar-refractivity contribution in [1.82, 2.24) is 5.32 Å². The van der Waals surface area contributed by atoms with Gasteiger partial charge in [-0.3, -0.25) is 4.79 Å². The lowest BCUT2D eigenvalue weighted by atomic mass is 9.48. The summed E-state index contributed by atoms with van der Waals surface area (Å²) in [5, 5.41) is 12.5. The number of aromatic hydroxyl groups is 1. The number of nitrogens with one attached hydrogen (secondary N) is 1. The highest BCUT2D eigenvalue weighted by Crippen LogP contribution is 2.61. The lowest BCUT2D eigenvalue weighted by molar-refractivity contribution is -0.128. The van der Waals surface area contributed by atoms with Gasteiger partial charge in [0, 0.05) is 6.04 Å². The lowest BCUT2D eigenvalue weighted by Gasteiger charge is -2.59. The highest BCUT2D eigenvalue weighted by Gasteiger charge is 2.53. The highest BCUT2D eigenvalue weighted by atomic mass is 16.5. The minimum atomic E-state index is -0.599. The molecule has 26 heavy (non-hydrogen) atoms. The van der Waals surface area contributed by atoms with Crippen LogP contribution in [-0.4, -0.2) is 29.6 Å². The van der Waals surface area contributed by atoms with Crippen molar-refractivity contribution in [3.8, 4) is 5.75 Å². The molecule has 5 heteroatoms. The largest absolute Gasteiger partial charge is 0.508 e. The molecular weight excluding hydrogens is 330 g/mol. The number of amides is 1. The number of carbonyl (C=O) groups is 2. The van der Waals surface area contributed by atoms with Gasteiger partial charge in [0.25, 0.3) is 5.91 Å². The first-order valence-electron chi connectivity index (χ1n) is 9.69. The fourth-order valence-electron chi connectivity index (χ4n) is 5.99. The molecule has 1 aromatic carbocycles. The Hall–Kier alpha value is -2.04. The SMILES string of the molecule is CC(NC(=O)COC(=O)c1cccc(O)c1)C12CC3CC(CC(C3)C1)C2. The second kappa shape index (κ2) is 6.60. The minimum Gasteiger partial charge on any atom is -0.508 e. The fourth-order valence-corrected chi connectivity index (χ4v) is 5.99. The Morgan fingerprint density at radius 1 is 1.19 bits per heavy atom. The third kappa shape index (κ3) is 3.31. The van der Waals surface area contributed by atoms with E-state index in [9.17, 15) is 14.7 Å². The molecule has 4 aliphatic carbocycles. The van der Waals surface area contributed by atoms with Crippen molar-refractivity contribution in [2.24, 2.45) is 23.2 Å². The van der Waals surface area contributed by atoms with Crippen molar-refractivity contribution in [2.45, 2.75) is 51.5 Å². The molecule has 2 N–H and O–H groups in total. The third-order valence-electron chi connectivity index (χ3n) is 6.80. The molecule has 0 spiro atoms. The highest BCUT2D eigenvalue weighted by molar-refractivity contribution is 5.91. The van der Waals surface area contributed by atoms with E-state index in [2.05, 4.69) is 12.2 Å². The predicted octanol–water partition coefficient (Wildman–Crippen LogP) is 3.27. The van der Waals surface area contributed by atoms with Crippen LogP contribution in [-0.2, 0) is 9.53 Å². The van der Waals surface area contributed by atoms with E-state index in [0.717, 1.165) is 17.8 Å². The Kier molecular flexibility index (Phi) is 4.41. The van der Waals surface area contributed by atoms with Crippen LogP contribution in [0.15, 0.2) is 24.3 Å². The van der Waals surface area contributed by atoms with E-state index < -0.39 is 5.97 Å². The van der Waals surface area contributed by atoms with Gasteiger partial charge in [-0.25, -0.2) is 4.79 Å². The van der Waals surface area contributed by atoms with Crippen LogP contribution in [0.25, 0.3) is 0 Å². The second-order valence-electron chi connectivity index (χ2n) is 8.70. The Labute approximate surface area is 154 Å². The Balaban J connectivity index is 1.31. The van der Waals surface area contributed by atoms with Crippen LogP contribution in [0, 0.1) is 23.2 Å². The molecule has 1 atom stereocenters. The zero-order valence-electron chi connectivity index (χ0n) is 15.2. The van der Waals surface area contributed by atoms with Crippen LogP contribution in [0.4, 0.5) is 0 Å². The predicted molar refractivity (Wildman–Crippen MR) is 96.6 cm³/mol. The molecule has 1 amide bonds. The topological polar surface area (TPSA) is 75.6 Å². The molecule has 0 saturated heterocycles. The Morgan fingerprint density at radius 3 is 2.38 bits per heavy atom. The van der Waals surface area contributed by atoms with Gasteiger partial charge in [-0.05, 0) is 86.8 Å². The first-order valence-corrected chi connectivity index (χ1v) is 9.69. The van der Waals surface area contributed by atoms with Gasteiger partial charge in [-0.1, -0.05) is 6.07 Å². The van der Waals surface area contributed by atoms with Gasteiger partial charge in [0.15, 0.2) is 6.61 Å². The van der Waals surface area contributed by atoms with Gasteiger partial charge in [-0.15, -0.1) is 0 Å². The van der Waals surface area contributed by atoms with Crippen LogP contribution < -0.4 is 5.32 Å². The van der Waals surface area contributed by atoms with E-state index >= 15 is 0 Å². The van der Waals surface area contributed by atoms with Gasteiger partial charge >= 0.3 is 5.97 Å². The molecule has 1 aromatic rings. The van der Waals surface area contributed by atoms with Crippen LogP contribution in [0.3, 0.4) is 0 Å². The van der Waals surface area contributed by atoms with Crippen LogP contribution in [0.5, 0.6) is 5.75 Å². The lowest BCUT2D eigenvalue weighted by Crippen LogP contribution is -2.56. The molecule has 0 aliphatic heterocycles. The average Bonchev–Trinajstić information content (AvgIpc) is 2.58. The van der Waals surface area contributed by atoms with Crippen LogP contribution >= 0.6 is 0 Å². The van der Waals surface area contributed by atoms with Gasteiger partial charge in [-0.2, -0.15) is 0 Å². The van der Waals surface area contributed by atoms with Crippen molar-refractivity contribution in [3.63, 3.8) is 0 Å². The van der Waals surface area contributed by atoms with E-state index in [4.69, 9.17) is 4.74 Å². The van der Waals surface area contributed by atoms with Crippen molar-refractivity contribution >= 4 is 11.9 Å². The fraction of sp³-hybridized carbons (Fsp3) is 0.619. The standard InChI is InChI=1S/C21H27NO4/c1-13(21-9-14-5-15(10-21)7-16(6-14)11-21)22-19(24)12-26-20(25)17-3-2-4-18(23)8-17/h2-4,8,13-16,23H,5-7,9-12H2,1H3,(H,22,24).